The molecule has 5 rings (SSSR count). The summed E-state index contributed by atoms with van der Waals surface area (Å²) in [5, 5.41) is 4.43. The summed E-state index contributed by atoms with van der Waals surface area (Å²) in [5.41, 5.74) is 5.04. The zero-order valence-corrected chi connectivity index (χ0v) is 18.6. The minimum absolute atomic E-state index is 0.177. The van der Waals surface area contributed by atoms with Crippen LogP contribution >= 0.6 is 11.3 Å². The van der Waals surface area contributed by atoms with Crippen molar-refractivity contribution >= 4 is 22.4 Å². The van der Waals surface area contributed by atoms with Gasteiger partial charge in [-0.2, -0.15) is 9.50 Å². The number of hydrogen-bond donors (Lipinski definition) is 0. The van der Waals surface area contributed by atoms with Gasteiger partial charge in [0.1, 0.15) is 12.4 Å². The topological polar surface area (TPSA) is 56.5 Å². The van der Waals surface area contributed by atoms with Crippen molar-refractivity contribution in [3.8, 4) is 17.1 Å². The minimum atomic E-state index is -0.177. The molecule has 6 heteroatoms. The molecule has 3 aromatic carbocycles. The largest absolute Gasteiger partial charge is 0.488 e. The molecule has 0 fully saturated rings. The van der Waals surface area contributed by atoms with Crippen LogP contribution in [0.15, 0.2) is 77.6 Å². The Morgan fingerprint density at radius 1 is 0.938 bits per heavy atom. The van der Waals surface area contributed by atoms with Crippen LogP contribution in [0.25, 0.3) is 22.4 Å². The van der Waals surface area contributed by atoms with Gasteiger partial charge in [-0.15, -0.1) is 5.10 Å². The zero-order valence-electron chi connectivity index (χ0n) is 17.8. The normalized spacial score (nSPS) is 11.9. The molecule has 5 nitrogen and oxygen atoms in total. The molecule has 0 saturated heterocycles. The molecule has 0 spiro atoms. The predicted molar refractivity (Wildman–Crippen MR) is 128 cm³/mol. The monoisotopic (exact) mass is 439 g/mol. The molecule has 0 aliphatic carbocycles. The molecule has 2 heterocycles. The van der Waals surface area contributed by atoms with Crippen LogP contribution in [0, 0.1) is 13.8 Å². The molecule has 32 heavy (non-hydrogen) atoms. The van der Waals surface area contributed by atoms with Crippen molar-refractivity contribution in [1.82, 2.24) is 14.6 Å². The average molecular weight is 440 g/mol. The summed E-state index contributed by atoms with van der Waals surface area (Å²) in [6.07, 6.45) is 1.85. The number of benzene rings is 3. The summed E-state index contributed by atoms with van der Waals surface area (Å²) >= 11 is 1.33. The SMILES string of the molecule is Cc1ccc(COc2ccccc2/C=c2/sc3nc(-c4ccc(C)cc4)nn3c2=O)cc1. The summed E-state index contributed by atoms with van der Waals surface area (Å²) in [6, 6.07) is 23.9. The Morgan fingerprint density at radius 2 is 1.62 bits per heavy atom. The van der Waals surface area contributed by atoms with Crippen LogP contribution in [-0.2, 0) is 6.61 Å². The highest BCUT2D eigenvalue weighted by atomic mass is 32.1. The van der Waals surface area contributed by atoms with Gasteiger partial charge in [-0.3, -0.25) is 4.79 Å². The second kappa shape index (κ2) is 8.40. The second-order valence-electron chi connectivity index (χ2n) is 7.72. The summed E-state index contributed by atoms with van der Waals surface area (Å²) in [7, 11) is 0. The van der Waals surface area contributed by atoms with Gasteiger partial charge in [0.2, 0.25) is 4.96 Å². The van der Waals surface area contributed by atoms with E-state index in [0.717, 1.165) is 22.4 Å². The van der Waals surface area contributed by atoms with Crippen molar-refractivity contribution in [2.24, 2.45) is 0 Å². The van der Waals surface area contributed by atoms with Crippen LogP contribution < -0.4 is 14.8 Å². The number of aromatic nitrogens is 3. The first kappa shape index (κ1) is 20.2. The predicted octanol–water partition coefficient (Wildman–Crippen LogP) is 4.56. The fourth-order valence-corrected chi connectivity index (χ4v) is 4.28. The van der Waals surface area contributed by atoms with Gasteiger partial charge < -0.3 is 4.74 Å². The molecule has 158 valence electrons. The number of para-hydroxylation sites is 1. The maximum Gasteiger partial charge on any atom is 0.291 e. The van der Waals surface area contributed by atoms with E-state index in [9.17, 15) is 4.79 Å². The molecule has 0 atom stereocenters. The minimum Gasteiger partial charge on any atom is -0.488 e. The first-order valence-electron chi connectivity index (χ1n) is 10.3. The Balaban J connectivity index is 1.46. The molecule has 0 aliphatic heterocycles. The maximum absolute atomic E-state index is 13.0. The van der Waals surface area contributed by atoms with Crippen molar-refractivity contribution in [2.45, 2.75) is 20.5 Å². The lowest BCUT2D eigenvalue weighted by Gasteiger charge is -2.09. The van der Waals surface area contributed by atoms with Gasteiger partial charge in [-0.1, -0.05) is 89.2 Å². The lowest BCUT2D eigenvalue weighted by atomic mass is 10.1. The van der Waals surface area contributed by atoms with Gasteiger partial charge in [0.25, 0.3) is 5.56 Å². The molecule has 0 unspecified atom stereocenters. The smallest absolute Gasteiger partial charge is 0.291 e. The molecule has 0 saturated carbocycles. The first-order chi connectivity index (χ1) is 15.6. The van der Waals surface area contributed by atoms with E-state index < -0.39 is 0 Å². The Bertz CT molecular complexity index is 1500. The second-order valence-corrected chi connectivity index (χ2v) is 8.73. The van der Waals surface area contributed by atoms with E-state index in [2.05, 4.69) is 41.3 Å². The number of aryl methyl sites for hydroxylation is 2. The van der Waals surface area contributed by atoms with Crippen molar-refractivity contribution in [2.75, 3.05) is 0 Å². The molecule has 0 radical (unpaired) electrons. The van der Waals surface area contributed by atoms with Gasteiger partial charge in [0, 0.05) is 11.1 Å². The third-order valence-electron chi connectivity index (χ3n) is 5.21. The van der Waals surface area contributed by atoms with Crippen LogP contribution in [0.1, 0.15) is 22.3 Å². The fourth-order valence-electron chi connectivity index (χ4n) is 3.38. The van der Waals surface area contributed by atoms with Crippen molar-refractivity contribution in [1.29, 1.82) is 0 Å². The Labute approximate surface area is 189 Å². The molecule has 5 aromatic rings. The number of nitrogens with zero attached hydrogens (tertiary/aromatic N) is 3. The third-order valence-corrected chi connectivity index (χ3v) is 6.17. The van der Waals surface area contributed by atoms with Crippen LogP contribution in [0.5, 0.6) is 5.75 Å². The lowest BCUT2D eigenvalue weighted by molar-refractivity contribution is 0.305. The number of thiazole rings is 1. The highest BCUT2D eigenvalue weighted by Crippen LogP contribution is 2.21. The molecule has 2 aromatic heterocycles. The molecule has 0 bridgehead atoms. The van der Waals surface area contributed by atoms with Crippen molar-refractivity contribution in [3.05, 3.63) is 110 Å². The standard InChI is InChI=1S/C26H21N3O2S/c1-17-7-11-19(12-8-17)16-31-22-6-4-3-5-21(22)15-23-25(30)29-26(32-23)27-24(28-29)20-13-9-18(2)10-14-20/h3-15H,16H2,1-2H3/b23-15+. The summed E-state index contributed by atoms with van der Waals surface area (Å²) in [6.45, 7) is 4.56. The van der Waals surface area contributed by atoms with E-state index in [0.29, 0.717) is 21.9 Å². The number of ether oxygens (including phenoxy) is 1. The van der Waals surface area contributed by atoms with Gasteiger partial charge in [-0.25, -0.2) is 0 Å². The van der Waals surface area contributed by atoms with Crippen LogP contribution in [0.3, 0.4) is 0 Å². The fraction of sp³-hybridized carbons (Fsp3) is 0.115. The number of rotatable bonds is 5. The molecule has 0 amide bonds. The van der Waals surface area contributed by atoms with Gasteiger partial charge in [-0.05, 0) is 31.6 Å². The van der Waals surface area contributed by atoms with Crippen molar-refractivity contribution < 1.29 is 4.74 Å². The van der Waals surface area contributed by atoms with Crippen LogP contribution in [0.2, 0.25) is 0 Å². The van der Waals surface area contributed by atoms with E-state index in [4.69, 9.17) is 4.74 Å². The van der Waals surface area contributed by atoms with Crippen LogP contribution in [-0.4, -0.2) is 14.6 Å². The summed E-state index contributed by atoms with van der Waals surface area (Å²) in [4.78, 5) is 18.1. The van der Waals surface area contributed by atoms with Gasteiger partial charge in [0.05, 0.1) is 4.53 Å². The van der Waals surface area contributed by atoms with Crippen LogP contribution in [0.4, 0.5) is 0 Å². The van der Waals surface area contributed by atoms with E-state index >= 15 is 0 Å². The average Bonchev–Trinajstić information content (AvgIpc) is 3.34. The number of fused-ring (bicyclic) bond motifs is 1. The summed E-state index contributed by atoms with van der Waals surface area (Å²) < 4.78 is 8.00. The molecule has 0 aliphatic rings. The van der Waals surface area contributed by atoms with Crippen molar-refractivity contribution in [3.63, 3.8) is 0 Å². The third kappa shape index (κ3) is 4.05. The first-order valence-corrected chi connectivity index (χ1v) is 11.1. The zero-order chi connectivity index (χ0) is 22.1. The number of hydrogen-bond acceptors (Lipinski definition) is 5. The van der Waals surface area contributed by atoms with E-state index in [1.165, 1.54) is 27.0 Å². The maximum atomic E-state index is 13.0. The molecule has 0 N–H and O–H groups in total. The Kier molecular flexibility index (Phi) is 5.29. The molecular weight excluding hydrogens is 418 g/mol. The highest BCUT2D eigenvalue weighted by Gasteiger charge is 2.12. The Hall–Kier alpha value is -3.77. The quantitative estimate of drug-likeness (QED) is 0.403. The van der Waals surface area contributed by atoms with E-state index in [1.807, 2.05) is 61.5 Å². The van der Waals surface area contributed by atoms with Gasteiger partial charge >= 0.3 is 0 Å². The highest BCUT2D eigenvalue weighted by molar-refractivity contribution is 7.15. The van der Waals surface area contributed by atoms with E-state index in [1.54, 1.807) is 0 Å². The Morgan fingerprint density at radius 3 is 2.34 bits per heavy atom. The summed E-state index contributed by atoms with van der Waals surface area (Å²) in [5.74, 6) is 1.29. The molecular formula is C26H21N3O2S. The van der Waals surface area contributed by atoms with E-state index in [-0.39, 0.29) is 5.56 Å². The van der Waals surface area contributed by atoms with Gasteiger partial charge in [0.15, 0.2) is 5.82 Å². The lowest BCUT2D eigenvalue weighted by Crippen LogP contribution is -2.23.